The number of rotatable bonds is 1. The van der Waals surface area contributed by atoms with Gasteiger partial charge in [0.2, 0.25) is 0 Å². The van der Waals surface area contributed by atoms with Crippen LogP contribution in [0.25, 0.3) is 0 Å². The second-order valence-corrected chi connectivity index (χ2v) is 7.65. The third kappa shape index (κ3) is 1.64. The molecule has 2 N–H and O–H groups in total. The molecule has 102 valence electrons. The average Bonchev–Trinajstić information content (AvgIpc) is 2.34. The highest BCUT2D eigenvalue weighted by Gasteiger charge is 2.55. The molecule has 0 heterocycles. The van der Waals surface area contributed by atoms with Gasteiger partial charge in [0.15, 0.2) is 0 Å². The smallest absolute Gasteiger partial charge is 0.00964 e. The van der Waals surface area contributed by atoms with Crippen molar-refractivity contribution < 1.29 is 0 Å². The number of nitrogens with two attached hydrogens (primary N) is 1. The predicted octanol–water partition coefficient (Wildman–Crippen LogP) is 3.71. The van der Waals surface area contributed by atoms with Crippen LogP contribution >= 0.6 is 0 Å². The lowest BCUT2D eigenvalue weighted by atomic mass is 9.46. The first kappa shape index (κ1) is 12.0. The van der Waals surface area contributed by atoms with Crippen LogP contribution in [0.4, 0.5) is 0 Å². The second kappa shape index (κ2) is 3.85. The van der Waals surface area contributed by atoms with Crippen LogP contribution in [0.2, 0.25) is 0 Å². The van der Waals surface area contributed by atoms with Gasteiger partial charge in [-0.3, -0.25) is 0 Å². The number of hydrogen-bond donors (Lipinski definition) is 1. The number of aryl methyl sites for hydroxylation is 2. The molecule has 2 unspecified atom stereocenters. The summed E-state index contributed by atoms with van der Waals surface area (Å²) in [5.74, 6) is 2.55. The Morgan fingerprint density at radius 1 is 1.05 bits per heavy atom. The molecule has 2 atom stereocenters. The lowest BCUT2D eigenvalue weighted by Gasteiger charge is -2.60. The standard InChI is InChI=1S/C18H25N/c1-11-3-4-16(12(2)5-11)18-8-13-6-14(9-18)17(19)15(7-13)10-18/h3-5,13-15,17H,6-10,19H2,1-2H3. The van der Waals surface area contributed by atoms with Crippen LogP contribution in [0, 0.1) is 31.6 Å². The molecule has 0 spiro atoms. The van der Waals surface area contributed by atoms with Gasteiger partial charge < -0.3 is 5.73 Å². The molecule has 4 aliphatic rings. The van der Waals surface area contributed by atoms with E-state index in [4.69, 9.17) is 5.73 Å². The van der Waals surface area contributed by atoms with E-state index in [1.165, 1.54) is 43.2 Å². The maximum absolute atomic E-state index is 6.47. The van der Waals surface area contributed by atoms with E-state index in [2.05, 4.69) is 32.0 Å². The number of benzene rings is 1. The van der Waals surface area contributed by atoms with Gasteiger partial charge in [-0.1, -0.05) is 23.8 Å². The normalized spacial score (nSPS) is 43.7. The Kier molecular flexibility index (Phi) is 2.42. The van der Waals surface area contributed by atoms with E-state index < -0.39 is 0 Å². The first-order chi connectivity index (χ1) is 9.07. The van der Waals surface area contributed by atoms with Crippen molar-refractivity contribution >= 4 is 0 Å². The zero-order valence-electron chi connectivity index (χ0n) is 12.2. The van der Waals surface area contributed by atoms with E-state index in [0.717, 1.165) is 17.8 Å². The Morgan fingerprint density at radius 3 is 2.37 bits per heavy atom. The molecule has 0 saturated heterocycles. The minimum Gasteiger partial charge on any atom is -0.327 e. The van der Waals surface area contributed by atoms with Gasteiger partial charge in [-0.05, 0) is 80.2 Å². The van der Waals surface area contributed by atoms with Crippen molar-refractivity contribution in [3.8, 4) is 0 Å². The molecule has 4 saturated carbocycles. The molecule has 1 aromatic rings. The molecule has 4 fully saturated rings. The van der Waals surface area contributed by atoms with Crippen molar-refractivity contribution in [1.29, 1.82) is 0 Å². The summed E-state index contributed by atoms with van der Waals surface area (Å²) in [7, 11) is 0. The van der Waals surface area contributed by atoms with Gasteiger partial charge in [-0.2, -0.15) is 0 Å². The summed E-state index contributed by atoms with van der Waals surface area (Å²) in [5.41, 5.74) is 11.5. The van der Waals surface area contributed by atoms with Crippen LogP contribution < -0.4 is 5.73 Å². The molecule has 4 bridgehead atoms. The Bertz CT molecular complexity index is 502. The molecule has 0 aromatic heterocycles. The van der Waals surface area contributed by atoms with Crippen molar-refractivity contribution in [3.63, 3.8) is 0 Å². The summed E-state index contributed by atoms with van der Waals surface area (Å²) in [6.45, 7) is 4.51. The average molecular weight is 255 g/mol. The molecule has 1 aromatic carbocycles. The lowest BCUT2D eigenvalue weighted by Crippen LogP contribution is -2.58. The first-order valence-corrected chi connectivity index (χ1v) is 7.91. The molecule has 5 rings (SSSR count). The Balaban J connectivity index is 1.78. The van der Waals surface area contributed by atoms with Crippen LogP contribution in [0.1, 0.15) is 48.8 Å². The zero-order valence-corrected chi connectivity index (χ0v) is 12.2. The summed E-state index contributed by atoms with van der Waals surface area (Å²) >= 11 is 0. The lowest BCUT2D eigenvalue weighted by molar-refractivity contribution is -0.0228. The van der Waals surface area contributed by atoms with E-state index in [0.29, 0.717) is 11.5 Å². The highest BCUT2D eigenvalue weighted by Crippen LogP contribution is 2.60. The van der Waals surface area contributed by atoms with Crippen LogP contribution in [-0.2, 0) is 5.41 Å². The van der Waals surface area contributed by atoms with Gasteiger partial charge >= 0.3 is 0 Å². The third-order valence-corrected chi connectivity index (χ3v) is 6.30. The maximum atomic E-state index is 6.47. The zero-order chi connectivity index (χ0) is 13.2. The molecular formula is C18H25N. The van der Waals surface area contributed by atoms with Crippen LogP contribution in [0.15, 0.2) is 18.2 Å². The SMILES string of the molecule is Cc1ccc(C23CC4CC(C2)C(N)C(C4)C3)c(C)c1. The van der Waals surface area contributed by atoms with Gasteiger partial charge in [0.25, 0.3) is 0 Å². The van der Waals surface area contributed by atoms with E-state index in [9.17, 15) is 0 Å². The molecule has 0 radical (unpaired) electrons. The monoisotopic (exact) mass is 255 g/mol. The van der Waals surface area contributed by atoms with Crippen molar-refractivity contribution in [2.24, 2.45) is 23.5 Å². The predicted molar refractivity (Wildman–Crippen MR) is 79.1 cm³/mol. The van der Waals surface area contributed by atoms with E-state index >= 15 is 0 Å². The summed E-state index contributed by atoms with van der Waals surface area (Å²) in [6.07, 6.45) is 6.95. The molecule has 1 nitrogen and oxygen atoms in total. The Morgan fingerprint density at radius 2 is 1.74 bits per heavy atom. The Hall–Kier alpha value is -0.820. The fraction of sp³-hybridized carbons (Fsp3) is 0.667. The largest absolute Gasteiger partial charge is 0.327 e. The fourth-order valence-electron chi connectivity index (χ4n) is 5.80. The topological polar surface area (TPSA) is 26.0 Å². The van der Waals surface area contributed by atoms with Gasteiger partial charge in [0, 0.05) is 6.04 Å². The van der Waals surface area contributed by atoms with Gasteiger partial charge in [-0.25, -0.2) is 0 Å². The van der Waals surface area contributed by atoms with Crippen LogP contribution in [0.5, 0.6) is 0 Å². The van der Waals surface area contributed by atoms with Gasteiger partial charge in [0.05, 0.1) is 0 Å². The van der Waals surface area contributed by atoms with Crippen molar-refractivity contribution in [2.45, 2.75) is 57.4 Å². The van der Waals surface area contributed by atoms with Crippen LogP contribution in [0.3, 0.4) is 0 Å². The summed E-state index contributed by atoms with van der Waals surface area (Å²) in [6, 6.07) is 7.59. The van der Waals surface area contributed by atoms with E-state index in [-0.39, 0.29) is 0 Å². The Labute approximate surface area is 116 Å². The molecule has 1 heteroatoms. The quantitative estimate of drug-likeness (QED) is 0.813. The highest BCUT2D eigenvalue weighted by molar-refractivity contribution is 5.38. The summed E-state index contributed by atoms with van der Waals surface area (Å²) in [4.78, 5) is 0. The van der Waals surface area contributed by atoms with E-state index in [1.807, 2.05) is 0 Å². The number of hydrogen-bond acceptors (Lipinski definition) is 1. The third-order valence-electron chi connectivity index (χ3n) is 6.30. The van der Waals surface area contributed by atoms with Crippen molar-refractivity contribution in [3.05, 3.63) is 34.9 Å². The minimum atomic E-state index is 0.476. The summed E-state index contributed by atoms with van der Waals surface area (Å²) < 4.78 is 0. The molecule has 0 aliphatic heterocycles. The molecular weight excluding hydrogens is 230 g/mol. The van der Waals surface area contributed by atoms with Crippen LogP contribution in [-0.4, -0.2) is 6.04 Å². The van der Waals surface area contributed by atoms with Crippen molar-refractivity contribution in [2.75, 3.05) is 0 Å². The summed E-state index contributed by atoms with van der Waals surface area (Å²) in [5, 5.41) is 0. The molecule has 0 amide bonds. The highest BCUT2D eigenvalue weighted by atomic mass is 14.7. The first-order valence-electron chi connectivity index (χ1n) is 7.91. The van der Waals surface area contributed by atoms with Gasteiger partial charge in [0.1, 0.15) is 0 Å². The van der Waals surface area contributed by atoms with Crippen molar-refractivity contribution in [1.82, 2.24) is 0 Å². The molecule has 4 aliphatic carbocycles. The second-order valence-electron chi connectivity index (χ2n) is 7.65. The van der Waals surface area contributed by atoms with Gasteiger partial charge in [-0.15, -0.1) is 0 Å². The van der Waals surface area contributed by atoms with E-state index in [1.54, 1.807) is 5.56 Å². The maximum Gasteiger partial charge on any atom is 0.00964 e. The minimum absolute atomic E-state index is 0.476. The molecule has 19 heavy (non-hydrogen) atoms. The fourth-order valence-corrected chi connectivity index (χ4v) is 5.80.